The van der Waals surface area contributed by atoms with Crippen molar-refractivity contribution < 1.29 is 24.9 Å². The normalized spacial score (nSPS) is 23.9. The second-order valence-corrected chi connectivity index (χ2v) is 5.13. The number of hydrogen-bond acceptors (Lipinski definition) is 5. The molecule has 0 bridgehead atoms. The lowest BCUT2D eigenvalue weighted by molar-refractivity contribution is -0.143. The van der Waals surface area contributed by atoms with E-state index < -0.39 is 11.9 Å². The van der Waals surface area contributed by atoms with Crippen molar-refractivity contribution in [1.82, 2.24) is 4.90 Å². The van der Waals surface area contributed by atoms with Gasteiger partial charge in [-0.3, -0.25) is 9.69 Å². The summed E-state index contributed by atoms with van der Waals surface area (Å²) in [6, 6.07) is 3.98. The number of aromatic hydroxyl groups is 2. The van der Waals surface area contributed by atoms with Crippen LogP contribution in [0.3, 0.4) is 0 Å². The van der Waals surface area contributed by atoms with Crippen molar-refractivity contribution in [3.05, 3.63) is 23.8 Å². The van der Waals surface area contributed by atoms with Crippen molar-refractivity contribution in [3.8, 4) is 11.5 Å². The van der Waals surface area contributed by atoms with Gasteiger partial charge in [-0.2, -0.15) is 0 Å². The van der Waals surface area contributed by atoms with Gasteiger partial charge in [0.05, 0.1) is 19.1 Å². The number of rotatable bonds is 4. The van der Waals surface area contributed by atoms with E-state index in [-0.39, 0.29) is 30.2 Å². The maximum Gasteiger partial charge on any atom is 0.310 e. The Morgan fingerprint density at radius 3 is 2.70 bits per heavy atom. The van der Waals surface area contributed by atoms with E-state index in [4.69, 9.17) is 4.74 Å². The zero-order chi connectivity index (χ0) is 14.9. The highest BCUT2D eigenvalue weighted by Crippen LogP contribution is 2.33. The summed E-state index contributed by atoms with van der Waals surface area (Å²) in [5.41, 5.74) is 0.640. The Bertz CT molecular complexity index is 504. The van der Waals surface area contributed by atoms with E-state index in [1.165, 1.54) is 12.1 Å². The van der Waals surface area contributed by atoms with Crippen LogP contribution >= 0.6 is 0 Å². The van der Waals surface area contributed by atoms with Gasteiger partial charge in [0.1, 0.15) is 11.5 Å². The van der Waals surface area contributed by atoms with Crippen LogP contribution in [0.1, 0.15) is 18.5 Å². The molecule has 0 aromatic heterocycles. The molecule has 0 aliphatic carbocycles. The molecule has 3 atom stereocenters. The van der Waals surface area contributed by atoms with Gasteiger partial charge in [0, 0.05) is 23.7 Å². The minimum Gasteiger partial charge on any atom is -0.508 e. The van der Waals surface area contributed by atoms with Crippen LogP contribution in [0.4, 0.5) is 0 Å². The fraction of sp³-hybridized carbons (Fsp3) is 0.500. The summed E-state index contributed by atoms with van der Waals surface area (Å²) in [5, 5.41) is 28.4. The molecular formula is C14H19NO5. The molecule has 0 amide bonds. The number of benzene rings is 1. The Morgan fingerprint density at radius 2 is 2.10 bits per heavy atom. The van der Waals surface area contributed by atoms with Gasteiger partial charge in [-0.15, -0.1) is 0 Å². The maximum absolute atomic E-state index is 11.2. The minimum absolute atomic E-state index is 0.00450. The van der Waals surface area contributed by atoms with E-state index in [9.17, 15) is 20.1 Å². The number of carboxylic acid groups (broad SMARTS) is 1. The SMILES string of the molecule is CC(c1ccc(O)cc1O)N(C)C1COCC1C(=O)O. The van der Waals surface area contributed by atoms with Crippen molar-refractivity contribution in [1.29, 1.82) is 0 Å². The molecule has 20 heavy (non-hydrogen) atoms. The number of ether oxygens (including phenoxy) is 1. The Hall–Kier alpha value is -1.79. The summed E-state index contributed by atoms with van der Waals surface area (Å²) >= 11 is 0. The quantitative estimate of drug-likeness (QED) is 0.768. The van der Waals surface area contributed by atoms with Crippen molar-refractivity contribution in [2.45, 2.75) is 19.0 Å². The summed E-state index contributed by atoms with van der Waals surface area (Å²) in [7, 11) is 1.81. The van der Waals surface area contributed by atoms with Crippen molar-refractivity contribution >= 4 is 5.97 Å². The van der Waals surface area contributed by atoms with Gasteiger partial charge in [-0.25, -0.2) is 0 Å². The van der Waals surface area contributed by atoms with Gasteiger partial charge in [0.15, 0.2) is 0 Å². The lowest BCUT2D eigenvalue weighted by Gasteiger charge is -2.32. The average Bonchev–Trinajstić information content (AvgIpc) is 2.86. The van der Waals surface area contributed by atoms with Crippen LogP contribution in [0.2, 0.25) is 0 Å². The molecule has 0 radical (unpaired) electrons. The van der Waals surface area contributed by atoms with Crippen LogP contribution in [-0.2, 0) is 9.53 Å². The maximum atomic E-state index is 11.2. The highest BCUT2D eigenvalue weighted by molar-refractivity contribution is 5.71. The van der Waals surface area contributed by atoms with E-state index in [0.717, 1.165) is 0 Å². The van der Waals surface area contributed by atoms with E-state index in [1.807, 2.05) is 18.9 Å². The second-order valence-electron chi connectivity index (χ2n) is 5.13. The van der Waals surface area contributed by atoms with Gasteiger partial charge < -0.3 is 20.1 Å². The number of hydrogen-bond donors (Lipinski definition) is 3. The third-order valence-corrected chi connectivity index (χ3v) is 3.97. The summed E-state index contributed by atoms with van der Waals surface area (Å²) in [6.45, 7) is 2.44. The van der Waals surface area contributed by atoms with Crippen molar-refractivity contribution in [2.75, 3.05) is 20.3 Å². The molecule has 1 aromatic carbocycles. The highest BCUT2D eigenvalue weighted by atomic mass is 16.5. The standard InChI is InChI=1S/C14H19NO5/c1-8(10-4-3-9(16)5-13(10)17)15(2)12-7-20-6-11(12)14(18)19/h3-5,8,11-12,16-17H,6-7H2,1-2H3,(H,18,19). The zero-order valence-corrected chi connectivity index (χ0v) is 11.5. The first-order valence-electron chi connectivity index (χ1n) is 6.46. The van der Waals surface area contributed by atoms with Gasteiger partial charge in [0.25, 0.3) is 0 Å². The first-order valence-corrected chi connectivity index (χ1v) is 6.46. The molecular weight excluding hydrogens is 262 g/mol. The Morgan fingerprint density at radius 1 is 1.40 bits per heavy atom. The summed E-state index contributed by atoms with van der Waals surface area (Å²) in [5.74, 6) is -1.45. The molecule has 110 valence electrons. The molecule has 6 nitrogen and oxygen atoms in total. The van der Waals surface area contributed by atoms with Crippen LogP contribution in [0.15, 0.2) is 18.2 Å². The first-order chi connectivity index (χ1) is 9.41. The number of carboxylic acids is 1. The smallest absolute Gasteiger partial charge is 0.310 e. The van der Waals surface area contributed by atoms with Gasteiger partial charge >= 0.3 is 5.97 Å². The van der Waals surface area contributed by atoms with E-state index >= 15 is 0 Å². The van der Waals surface area contributed by atoms with E-state index in [1.54, 1.807) is 6.07 Å². The van der Waals surface area contributed by atoms with Crippen molar-refractivity contribution in [2.24, 2.45) is 5.92 Å². The Kier molecular flexibility index (Phi) is 4.15. The fourth-order valence-corrected chi connectivity index (χ4v) is 2.57. The number of nitrogens with zero attached hydrogens (tertiary/aromatic N) is 1. The molecule has 1 aliphatic rings. The summed E-state index contributed by atoms with van der Waals surface area (Å²) in [6.07, 6.45) is 0. The van der Waals surface area contributed by atoms with E-state index in [0.29, 0.717) is 12.2 Å². The average molecular weight is 281 g/mol. The Balaban J connectivity index is 2.19. The zero-order valence-electron chi connectivity index (χ0n) is 11.5. The first kappa shape index (κ1) is 14.6. The topological polar surface area (TPSA) is 90.2 Å². The van der Waals surface area contributed by atoms with E-state index in [2.05, 4.69) is 0 Å². The second kappa shape index (κ2) is 5.68. The molecule has 1 aliphatic heterocycles. The minimum atomic E-state index is -0.874. The third-order valence-electron chi connectivity index (χ3n) is 3.97. The molecule has 3 unspecified atom stereocenters. The monoisotopic (exact) mass is 281 g/mol. The number of phenols is 2. The predicted octanol–water partition coefficient (Wildman–Crippen LogP) is 1.19. The summed E-state index contributed by atoms with van der Waals surface area (Å²) in [4.78, 5) is 13.1. The van der Waals surface area contributed by atoms with Crippen LogP contribution in [0, 0.1) is 5.92 Å². The molecule has 1 aromatic rings. The lowest BCUT2D eigenvalue weighted by Crippen LogP contribution is -2.42. The molecule has 0 spiro atoms. The highest BCUT2D eigenvalue weighted by Gasteiger charge is 2.38. The molecule has 0 saturated carbocycles. The van der Waals surface area contributed by atoms with Crippen LogP contribution in [-0.4, -0.2) is 52.5 Å². The van der Waals surface area contributed by atoms with Gasteiger partial charge in [-0.1, -0.05) is 6.07 Å². The van der Waals surface area contributed by atoms with Crippen LogP contribution in [0.5, 0.6) is 11.5 Å². The molecule has 1 saturated heterocycles. The third kappa shape index (κ3) is 2.71. The molecule has 1 fully saturated rings. The van der Waals surface area contributed by atoms with Crippen molar-refractivity contribution in [3.63, 3.8) is 0 Å². The van der Waals surface area contributed by atoms with Crippen LogP contribution in [0.25, 0.3) is 0 Å². The molecule has 1 heterocycles. The van der Waals surface area contributed by atoms with Crippen LogP contribution < -0.4 is 0 Å². The number of likely N-dealkylation sites (N-methyl/N-ethyl adjacent to an activating group) is 1. The number of carbonyl (C=O) groups is 1. The number of phenolic OH excluding ortho intramolecular Hbond substituents is 2. The fourth-order valence-electron chi connectivity index (χ4n) is 2.57. The Labute approximate surface area is 117 Å². The van der Waals surface area contributed by atoms with Gasteiger partial charge in [0.2, 0.25) is 0 Å². The molecule has 6 heteroatoms. The predicted molar refractivity (Wildman–Crippen MR) is 71.7 cm³/mol. The number of aliphatic carboxylic acids is 1. The molecule has 2 rings (SSSR count). The summed E-state index contributed by atoms with van der Waals surface area (Å²) < 4.78 is 5.26. The lowest BCUT2D eigenvalue weighted by atomic mass is 9.98. The van der Waals surface area contributed by atoms with Gasteiger partial charge in [-0.05, 0) is 20.0 Å². The largest absolute Gasteiger partial charge is 0.508 e. The molecule has 3 N–H and O–H groups in total.